The molecule has 0 amide bonds. The van der Waals surface area contributed by atoms with E-state index < -0.39 is 21.4 Å². The van der Waals surface area contributed by atoms with Crippen molar-refractivity contribution in [3.05, 3.63) is 23.0 Å². The van der Waals surface area contributed by atoms with Crippen LogP contribution in [0.3, 0.4) is 0 Å². The molecule has 0 N–H and O–H groups in total. The monoisotopic (exact) mass is 337 g/mol. The fourth-order valence-corrected chi connectivity index (χ4v) is 2.71. The Morgan fingerprint density at radius 1 is 1.32 bits per heavy atom. The van der Waals surface area contributed by atoms with Crippen LogP contribution < -0.4 is 4.18 Å². The van der Waals surface area contributed by atoms with Gasteiger partial charge in [-0.2, -0.15) is 21.6 Å². The molecule has 1 aliphatic carbocycles. The van der Waals surface area contributed by atoms with Crippen LogP contribution in [0.1, 0.15) is 47.9 Å². The predicted octanol–water partition coefficient (Wildman–Crippen LogP) is 2.78. The van der Waals surface area contributed by atoms with Gasteiger partial charge in [-0.3, -0.25) is 4.79 Å². The largest absolute Gasteiger partial charge is 0.534 e. The van der Waals surface area contributed by atoms with Crippen molar-refractivity contribution in [2.24, 2.45) is 0 Å². The highest BCUT2D eigenvalue weighted by molar-refractivity contribution is 7.88. The van der Waals surface area contributed by atoms with E-state index in [2.05, 4.69) is 9.17 Å². The number of alkyl halides is 3. The molecule has 5 nitrogen and oxygen atoms in total. The average molecular weight is 337 g/mol. The number of ketones is 1. The third kappa shape index (κ3) is 3.23. The van der Waals surface area contributed by atoms with Crippen LogP contribution in [0, 0.1) is 0 Å². The predicted molar refractivity (Wildman–Crippen MR) is 71.1 cm³/mol. The van der Waals surface area contributed by atoms with E-state index in [0.29, 0.717) is 30.5 Å². The number of rotatable bonds is 4. The maximum absolute atomic E-state index is 12.5. The molecule has 1 aromatic heterocycles. The van der Waals surface area contributed by atoms with E-state index in [-0.39, 0.29) is 17.9 Å². The molecule has 0 radical (unpaired) electrons. The van der Waals surface area contributed by atoms with Gasteiger partial charge in [-0.05, 0) is 25.7 Å². The highest BCUT2D eigenvalue weighted by atomic mass is 32.2. The third-order valence-corrected chi connectivity index (χ3v) is 4.32. The lowest BCUT2D eigenvalue weighted by atomic mass is 9.94. The van der Waals surface area contributed by atoms with Crippen LogP contribution in [-0.4, -0.2) is 24.7 Å². The van der Waals surface area contributed by atoms with E-state index in [9.17, 15) is 26.4 Å². The van der Waals surface area contributed by atoms with E-state index in [1.54, 1.807) is 6.92 Å². The summed E-state index contributed by atoms with van der Waals surface area (Å²) >= 11 is 0. The minimum Gasteiger partial charge on any atom is -0.376 e. The molecule has 0 bridgehead atoms. The number of halogens is 3. The topological polar surface area (TPSA) is 73.3 Å². The summed E-state index contributed by atoms with van der Waals surface area (Å²) in [6.45, 7) is 1.58. The number of pyridine rings is 1. The first-order chi connectivity index (χ1) is 10.2. The third-order valence-electron chi connectivity index (χ3n) is 3.35. The first-order valence-corrected chi connectivity index (χ1v) is 8.13. The number of fused-ring (bicyclic) bond motifs is 1. The summed E-state index contributed by atoms with van der Waals surface area (Å²) in [6.07, 6.45) is 2.42. The summed E-state index contributed by atoms with van der Waals surface area (Å²) in [6, 6.07) is 0.985. The van der Waals surface area contributed by atoms with Crippen molar-refractivity contribution < 1.29 is 30.6 Å². The fourth-order valence-electron chi connectivity index (χ4n) is 2.23. The highest BCUT2D eigenvalue weighted by Crippen LogP contribution is 2.33. The van der Waals surface area contributed by atoms with E-state index in [0.717, 1.165) is 12.5 Å². The van der Waals surface area contributed by atoms with Crippen LogP contribution >= 0.6 is 0 Å². The Bertz CT molecular complexity index is 698. The standard InChI is InChI=1S/C13H14F3NO4S/c1-2-11(18)10-7-12(21-22(19,20)13(14,15)16)8-5-3-4-6-9(8)17-10/h7H,2-6H2,1H3. The molecule has 22 heavy (non-hydrogen) atoms. The van der Waals surface area contributed by atoms with Crippen molar-refractivity contribution in [3.8, 4) is 5.75 Å². The van der Waals surface area contributed by atoms with Gasteiger partial charge in [0.15, 0.2) is 5.78 Å². The normalized spacial score (nSPS) is 15.3. The number of carbonyl (C=O) groups excluding carboxylic acids is 1. The van der Waals surface area contributed by atoms with Gasteiger partial charge in [-0.1, -0.05) is 6.92 Å². The fraction of sp³-hybridized carbons (Fsp3) is 0.538. The SMILES string of the molecule is CCC(=O)c1cc(OS(=O)(=O)C(F)(F)F)c2c(n1)CCCC2. The molecule has 0 atom stereocenters. The van der Waals surface area contributed by atoms with Gasteiger partial charge >= 0.3 is 15.6 Å². The Morgan fingerprint density at radius 3 is 2.55 bits per heavy atom. The zero-order valence-corrected chi connectivity index (χ0v) is 12.6. The van der Waals surface area contributed by atoms with Gasteiger partial charge < -0.3 is 4.18 Å². The first kappa shape index (κ1) is 16.7. The van der Waals surface area contributed by atoms with E-state index in [1.807, 2.05) is 0 Å². The van der Waals surface area contributed by atoms with Crippen molar-refractivity contribution >= 4 is 15.9 Å². The number of aromatic nitrogens is 1. The Hall–Kier alpha value is -1.64. The summed E-state index contributed by atoms with van der Waals surface area (Å²) in [4.78, 5) is 15.9. The second-order valence-electron chi connectivity index (χ2n) is 4.90. The lowest BCUT2D eigenvalue weighted by Gasteiger charge is -2.20. The summed E-state index contributed by atoms with van der Waals surface area (Å²) in [5.41, 5.74) is -4.84. The van der Waals surface area contributed by atoms with Crippen LogP contribution in [-0.2, 0) is 23.0 Å². The summed E-state index contributed by atoms with van der Waals surface area (Å²) in [7, 11) is -5.77. The molecule has 122 valence electrons. The zero-order chi connectivity index (χ0) is 16.5. The van der Waals surface area contributed by atoms with Gasteiger partial charge in [0.1, 0.15) is 11.4 Å². The molecule has 0 saturated heterocycles. The Balaban J connectivity index is 2.52. The van der Waals surface area contributed by atoms with Gasteiger partial charge in [-0.25, -0.2) is 4.98 Å². The molecule has 0 aromatic carbocycles. The summed E-state index contributed by atoms with van der Waals surface area (Å²) < 4.78 is 64.1. The van der Waals surface area contributed by atoms with Gasteiger partial charge in [-0.15, -0.1) is 0 Å². The van der Waals surface area contributed by atoms with Crippen LogP contribution in [0.4, 0.5) is 13.2 Å². The van der Waals surface area contributed by atoms with Crippen molar-refractivity contribution in [2.45, 2.75) is 44.5 Å². The Kier molecular flexibility index (Phi) is 4.46. The van der Waals surface area contributed by atoms with Crippen LogP contribution in [0.5, 0.6) is 5.75 Å². The minimum absolute atomic E-state index is 0.0736. The van der Waals surface area contributed by atoms with Crippen LogP contribution in [0.25, 0.3) is 0 Å². The smallest absolute Gasteiger partial charge is 0.376 e. The highest BCUT2D eigenvalue weighted by Gasteiger charge is 2.49. The second kappa shape index (κ2) is 5.86. The Morgan fingerprint density at radius 2 is 1.95 bits per heavy atom. The van der Waals surface area contributed by atoms with Crippen LogP contribution in [0.15, 0.2) is 6.07 Å². The van der Waals surface area contributed by atoms with Gasteiger partial charge in [0, 0.05) is 23.7 Å². The molecule has 0 saturated carbocycles. The molecule has 2 rings (SSSR count). The van der Waals surface area contributed by atoms with Crippen molar-refractivity contribution in [1.29, 1.82) is 0 Å². The maximum atomic E-state index is 12.5. The van der Waals surface area contributed by atoms with E-state index in [4.69, 9.17) is 0 Å². The zero-order valence-electron chi connectivity index (χ0n) is 11.7. The summed E-state index contributed by atoms with van der Waals surface area (Å²) in [5.74, 6) is -0.832. The number of aryl methyl sites for hydroxylation is 1. The van der Waals surface area contributed by atoms with Crippen molar-refractivity contribution in [1.82, 2.24) is 4.98 Å². The van der Waals surface area contributed by atoms with Crippen molar-refractivity contribution in [2.75, 3.05) is 0 Å². The lowest BCUT2D eigenvalue weighted by molar-refractivity contribution is -0.0500. The average Bonchev–Trinajstić information content (AvgIpc) is 2.44. The molecule has 1 heterocycles. The molecular formula is C13H14F3NO4S. The minimum atomic E-state index is -5.77. The number of carbonyl (C=O) groups is 1. The quantitative estimate of drug-likeness (QED) is 0.480. The summed E-state index contributed by atoms with van der Waals surface area (Å²) in [5, 5.41) is 0. The maximum Gasteiger partial charge on any atom is 0.534 e. The number of Topliss-reactive ketones (excluding diaryl/α,β-unsaturated/α-hetero) is 1. The molecule has 0 aliphatic heterocycles. The lowest BCUT2D eigenvalue weighted by Crippen LogP contribution is -2.29. The van der Waals surface area contributed by atoms with Gasteiger partial charge in [0.05, 0.1) is 0 Å². The van der Waals surface area contributed by atoms with E-state index >= 15 is 0 Å². The molecule has 1 aliphatic rings. The Labute approximate surface area is 125 Å². The number of nitrogens with zero attached hydrogens (tertiary/aromatic N) is 1. The molecule has 1 aromatic rings. The van der Waals surface area contributed by atoms with Gasteiger partial charge in [0.2, 0.25) is 0 Å². The van der Waals surface area contributed by atoms with Crippen molar-refractivity contribution in [3.63, 3.8) is 0 Å². The second-order valence-corrected chi connectivity index (χ2v) is 6.44. The van der Waals surface area contributed by atoms with E-state index in [1.165, 1.54) is 0 Å². The van der Waals surface area contributed by atoms with Crippen LogP contribution in [0.2, 0.25) is 0 Å². The molecule has 0 unspecified atom stereocenters. The molecule has 0 spiro atoms. The van der Waals surface area contributed by atoms with Gasteiger partial charge in [0.25, 0.3) is 0 Å². The first-order valence-electron chi connectivity index (χ1n) is 6.72. The molecule has 9 heteroatoms. The number of hydrogen-bond donors (Lipinski definition) is 0. The number of hydrogen-bond acceptors (Lipinski definition) is 5. The molecule has 0 fully saturated rings. The molecular weight excluding hydrogens is 323 g/mol.